The van der Waals surface area contributed by atoms with E-state index in [2.05, 4.69) is 50.3 Å². The first-order chi connectivity index (χ1) is 8.61. The third-order valence-electron chi connectivity index (χ3n) is 3.54. The monoisotopic (exact) mass is 262 g/mol. The van der Waals surface area contributed by atoms with Crippen LogP contribution in [0.15, 0.2) is 41.3 Å². The van der Waals surface area contributed by atoms with Gasteiger partial charge in [0, 0.05) is 17.8 Å². The Balaban J connectivity index is 1.94. The fraction of sp³-hybridized carbons (Fsp3) is 0.500. The zero-order chi connectivity index (χ0) is 13.0. The number of benzene rings is 1. The van der Waals surface area contributed by atoms with E-state index in [0.717, 1.165) is 18.6 Å². The summed E-state index contributed by atoms with van der Waals surface area (Å²) in [4.78, 5) is 1.36. The second kappa shape index (κ2) is 5.94. The van der Waals surface area contributed by atoms with Crippen molar-refractivity contribution in [1.82, 2.24) is 0 Å². The summed E-state index contributed by atoms with van der Waals surface area (Å²) in [7, 11) is 1.82. The molecular formula is C16H22OS. The molecule has 0 saturated heterocycles. The molecule has 0 fully saturated rings. The van der Waals surface area contributed by atoms with Crippen molar-refractivity contribution in [1.29, 1.82) is 0 Å². The fourth-order valence-corrected chi connectivity index (χ4v) is 3.38. The van der Waals surface area contributed by atoms with Crippen LogP contribution < -0.4 is 0 Å². The van der Waals surface area contributed by atoms with Gasteiger partial charge in [0.1, 0.15) is 0 Å². The van der Waals surface area contributed by atoms with E-state index in [0.29, 0.717) is 6.10 Å². The maximum atomic E-state index is 5.49. The highest BCUT2D eigenvalue weighted by Gasteiger charge is 2.28. The zero-order valence-corrected chi connectivity index (χ0v) is 12.3. The van der Waals surface area contributed by atoms with Gasteiger partial charge in [0.2, 0.25) is 0 Å². The first kappa shape index (κ1) is 13.7. The average molecular weight is 262 g/mol. The summed E-state index contributed by atoms with van der Waals surface area (Å²) in [6.45, 7) is 4.46. The molecule has 0 aromatic heterocycles. The molecule has 0 aliphatic heterocycles. The van der Waals surface area contributed by atoms with Crippen LogP contribution in [0.5, 0.6) is 0 Å². The number of hydrogen-bond acceptors (Lipinski definition) is 2. The maximum Gasteiger partial charge on any atom is 0.0614 e. The molecule has 1 aliphatic rings. The van der Waals surface area contributed by atoms with Crippen molar-refractivity contribution >= 4 is 11.8 Å². The fourth-order valence-electron chi connectivity index (χ4n) is 2.35. The van der Waals surface area contributed by atoms with Crippen LogP contribution in [0.3, 0.4) is 0 Å². The van der Waals surface area contributed by atoms with E-state index in [1.54, 1.807) is 0 Å². The minimum absolute atomic E-state index is 0.258. The van der Waals surface area contributed by atoms with Gasteiger partial charge in [-0.3, -0.25) is 0 Å². The van der Waals surface area contributed by atoms with Gasteiger partial charge in [-0.15, -0.1) is 11.8 Å². The van der Waals surface area contributed by atoms with Gasteiger partial charge in [0.05, 0.1) is 6.10 Å². The number of aryl methyl sites for hydroxylation is 1. The molecule has 1 aromatic carbocycles. The van der Waals surface area contributed by atoms with Gasteiger partial charge in [-0.2, -0.15) is 0 Å². The SMILES string of the molecule is CO[C@H]1CC=CC(C)(CSc2ccc(C)cc2)C1. The molecule has 18 heavy (non-hydrogen) atoms. The van der Waals surface area contributed by atoms with Crippen LogP contribution >= 0.6 is 11.8 Å². The number of allylic oxidation sites excluding steroid dienone is 1. The molecule has 1 unspecified atom stereocenters. The molecule has 0 heterocycles. The third-order valence-corrected chi connectivity index (χ3v) is 4.95. The topological polar surface area (TPSA) is 9.23 Å². The first-order valence-corrected chi connectivity index (χ1v) is 7.50. The Labute approximate surface area is 115 Å². The van der Waals surface area contributed by atoms with E-state index in [1.165, 1.54) is 10.5 Å². The summed E-state index contributed by atoms with van der Waals surface area (Å²) in [6.07, 6.45) is 7.20. The zero-order valence-electron chi connectivity index (χ0n) is 11.5. The molecule has 1 aliphatic carbocycles. The molecule has 0 N–H and O–H groups in total. The predicted octanol–water partition coefficient (Wildman–Crippen LogP) is 4.46. The van der Waals surface area contributed by atoms with Crippen LogP contribution in [0.2, 0.25) is 0 Å². The smallest absolute Gasteiger partial charge is 0.0614 e. The number of ether oxygens (including phenoxy) is 1. The Hall–Kier alpha value is -0.730. The number of methoxy groups -OCH3 is 1. The summed E-state index contributed by atoms with van der Waals surface area (Å²) < 4.78 is 5.49. The minimum atomic E-state index is 0.258. The summed E-state index contributed by atoms with van der Waals surface area (Å²) >= 11 is 1.94. The normalized spacial score (nSPS) is 27.4. The molecule has 98 valence electrons. The molecule has 1 aromatic rings. The lowest BCUT2D eigenvalue weighted by molar-refractivity contribution is 0.0696. The number of hydrogen-bond donors (Lipinski definition) is 0. The van der Waals surface area contributed by atoms with E-state index in [-0.39, 0.29) is 5.41 Å². The summed E-state index contributed by atoms with van der Waals surface area (Å²) in [5.41, 5.74) is 1.58. The van der Waals surface area contributed by atoms with Gasteiger partial charge in [0.25, 0.3) is 0 Å². The van der Waals surface area contributed by atoms with Gasteiger partial charge >= 0.3 is 0 Å². The number of thioether (sulfide) groups is 1. The van der Waals surface area contributed by atoms with Crippen LogP contribution in [-0.2, 0) is 4.74 Å². The van der Waals surface area contributed by atoms with Crippen molar-refractivity contribution in [2.24, 2.45) is 5.41 Å². The van der Waals surface area contributed by atoms with Gasteiger partial charge < -0.3 is 4.74 Å². The maximum absolute atomic E-state index is 5.49. The molecule has 2 atom stereocenters. The summed E-state index contributed by atoms with van der Waals surface area (Å²) in [5, 5.41) is 0. The van der Waals surface area contributed by atoms with E-state index in [9.17, 15) is 0 Å². The Morgan fingerprint density at radius 2 is 2.06 bits per heavy atom. The summed E-state index contributed by atoms with van der Waals surface area (Å²) in [6, 6.07) is 8.78. The molecule has 0 bridgehead atoms. The van der Waals surface area contributed by atoms with Gasteiger partial charge in [-0.1, -0.05) is 36.8 Å². The Morgan fingerprint density at radius 1 is 1.33 bits per heavy atom. The van der Waals surface area contributed by atoms with E-state index >= 15 is 0 Å². The molecule has 1 nitrogen and oxygen atoms in total. The predicted molar refractivity (Wildman–Crippen MR) is 79.2 cm³/mol. The van der Waals surface area contributed by atoms with Crippen LogP contribution in [0.4, 0.5) is 0 Å². The summed E-state index contributed by atoms with van der Waals surface area (Å²) in [5.74, 6) is 1.12. The second-order valence-electron chi connectivity index (χ2n) is 5.46. The highest BCUT2D eigenvalue weighted by molar-refractivity contribution is 7.99. The first-order valence-electron chi connectivity index (χ1n) is 6.51. The van der Waals surface area contributed by atoms with Crippen LogP contribution in [0.1, 0.15) is 25.3 Å². The van der Waals surface area contributed by atoms with Crippen molar-refractivity contribution in [2.45, 2.75) is 37.7 Å². The van der Waals surface area contributed by atoms with E-state index in [4.69, 9.17) is 4.74 Å². The van der Waals surface area contributed by atoms with Crippen molar-refractivity contribution < 1.29 is 4.74 Å². The Kier molecular flexibility index (Phi) is 4.52. The van der Waals surface area contributed by atoms with Crippen molar-refractivity contribution in [3.05, 3.63) is 42.0 Å². The highest BCUT2D eigenvalue weighted by Crippen LogP contribution is 2.37. The third kappa shape index (κ3) is 3.63. The Bertz CT molecular complexity index is 410. The lowest BCUT2D eigenvalue weighted by Crippen LogP contribution is -2.28. The standard InChI is InChI=1S/C16H22OS/c1-13-6-8-15(9-7-13)18-12-16(2)10-4-5-14(11-16)17-3/h4,6-10,14H,5,11-12H2,1-3H3/t14-,16?/m0/s1. The van der Waals surface area contributed by atoms with Gasteiger partial charge in [0.15, 0.2) is 0 Å². The molecule has 2 heteroatoms. The van der Waals surface area contributed by atoms with Crippen molar-refractivity contribution in [3.8, 4) is 0 Å². The lowest BCUT2D eigenvalue weighted by Gasteiger charge is -2.33. The van der Waals surface area contributed by atoms with E-state index < -0.39 is 0 Å². The molecule has 0 saturated carbocycles. The second-order valence-corrected chi connectivity index (χ2v) is 6.50. The van der Waals surface area contributed by atoms with Gasteiger partial charge in [-0.25, -0.2) is 0 Å². The molecule has 0 radical (unpaired) electrons. The van der Waals surface area contributed by atoms with Crippen molar-refractivity contribution in [2.75, 3.05) is 12.9 Å². The van der Waals surface area contributed by atoms with E-state index in [1.807, 2.05) is 18.9 Å². The highest BCUT2D eigenvalue weighted by atomic mass is 32.2. The van der Waals surface area contributed by atoms with Crippen LogP contribution in [-0.4, -0.2) is 19.0 Å². The minimum Gasteiger partial charge on any atom is -0.381 e. The van der Waals surface area contributed by atoms with Crippen LogP contribution in [0.25, 0.3) is 0 Å². The molecular weight excluding hydrogens is 240 g/mol. The lowest BCUT2D eigenvalue weighted by atomic mass is 9.81. The Morgan fingerprint density at radius 3 is 2.72 bits per heavy atom. The molecule has 0 amide bonds. The quantitative estimate of drug-likeness (QED) is 0.585. The van der Waals surface area contributed by atoms with Crippen LogP contribution in [0, 0.1) is 12.3 Å². The average Bonchev–Trinajstić information content (AvgIpc) is 2.38. The number of rotatable bonds is 4. The molecule has 2 rings (SSSR count). The largest absolute Gasteiger partial charge is 0.381 e. The molecule has 0 spiro atoms. The van der Waals surface area contributed by atoms with Gasteiger partial charge in [-0.05, 0) is 37.3 Å². The van der Waals surface area contributed by atoms with Crippen molar-refractivity contribution in [3.63, 3.8) is 0 Å².